The maximum Gasteiger partial charge on any atom is 0.264 e. The van der Waals surface area contributed by atoms with Crippen molar-refractivity contribution in [3.63, 3.8) is 0 Å². The molecular formula is C19H19N3O4S. The summed E-state index contributed by atoms with van der Waals surface area (Å²) < 4.78 is 31.8. The molecule has 0 bridgehead atoms. The maximum absolute atomic E-state index is 11.8. The highest BCUT2D eigenvalue weighted by Gasteiger charge is 2.11. The maximum atomic E-state index is 11.8. The number of hydrogen-bond donors (Lipinski definition) is 1. The smallest absolute Gasteiger partial charge is 0.264 e. The van der Waals surface area contributed by atoms with Gasteiger partial charge in [-0.15, -0.1) is 0 Å². The SMILES string of the molecule is Cc1nccn1-c1ccc(COc2ccc(C(=O)NS(C)(=O)=O)cc2)cc1. The first-order valence-corrected chi connectivity index (χ1v) is 10.1. The minimum absolute atomic E-state index is 0.243. The number of carbonyl (C=O) groups is 1. The Morgan fingerprint density at radius 2 is 1.78 bits per heavy atom. The van der Waals surface area contributed by atoms with E-state index in [9.17, 15) is 13.2 Å². The molecule has 0 saturated heterocycles. The predicted octanol–water partition coefficient (Wildman–Crippen LogP) is 2.45. The third-order valence-corrected chi connectivity index (χ3v) is 4.40. The van der Waals surface area contributed by atoms with Gasteiger partial charge in [0.1, 0.15) is 18.2 Å². The lowest BCUT2D eigenvalue weighted by Crippen LogP contribution is -2.29. The highest BCUT2D eigenvalue weighted by Crippen LogP contribution is 2.16. The normalized spacial score (nSPS) is 11.2. The molecular weight excluding hydrogens is 366 g/mol. The molecule has 0 unspecified atom stereocenters. The summed E-state index contributed by atoms with van der Waals surface area (Å²) in [4.78, 5) is 16.0. The molecule has 3 rings (SSSR count). The van der Waals surface area contributed by atoms with Gasteiger partial charge in [-0.2, -0.15) is 0 Å². The van der Waals surface area contributed by atoms with Gasteiger partial charge in [-0.1, -0.05) is 12.1 Å². The second kappa shape index (κ2) is 7.63. The van der Waals surface area contributed by atoms with Crippen LogP contribution in [0.25, 0.3) is 5.69 Å². The van der Waals surface area contributed by atoms with Gasteiger partial charge in [0.05, 0.1) is 6.26 Å². The van der Waals surface area contributed by atoms with E-state index in [-0.39, 0.29) is 5.56 Å². The fourth-order valence-corrected chi connectivity index (χ4v) is 2.95. The van der Waals surface area contributed by atoms with Gasteiger partial charge in [0.2, 0.25) is 10.0 Å². The van der Waals surface area contributed by atoms with E-state index < -0.39 is 15.9 Å². The molecule has 8 heteroatoms. The third-order valence-electron chi connectivity index (χ3n) is 3.84. The number of imidazole rings is 1. The standard InChI is InChI=1S/C19H19N3O4S/c1-14-20-11-12-22(14)17-7-3-15(4-8-17)13-26-18-9-5-16(6-10-18)19(23)21-27(2,24)25/h3-12H,13H2,1-2H3,(H,21,23). The van der Waals surface area contributed by atoms with Crippen molar-refractivity contribution in [1.82, 2.24) is 14.3 Å². The number of aromatic nitrogens is 2. The van der Waals surface area contributed by atoms with Crippen molar-refractivity contribution in [2.75, 3.05) is 6.26 Å². The Morgan fingerprint density at radius 3 is 2.33 bits per heavy atom. The van der Waals surface area contributed by atoms with E-state index in [1.54, 1.807) is 18.3 Å². The van der Waals surface area contributed by atoms with Gasteiger partial charge in [0.15, 0.2) is 0 Å². The summed E-state index contributed by atoms with van der Waals surface area (Å²) >= 11 is 0. The molecule has 140 valence electrons. The second-order valence-corrected chi connectivity index (χ2v) is 7.78. The number of aryl methyl sites for hydroxylation is 1. The van der Waals surface area contributed by atoms with E-state index in [4.69, 9.17) is 4.74 Å². The fraction of sp³-hybridized carbons (Fsp3) is 0.158. The lowest BCUT2D eigenvalue weighted by atomic mass is 10.2. The minimum atomic E-state index is -3.59. The van der Waals surface area contributed by atoms with Crippen molar-refractivity contribution < 1.29 is 17.9 Å². The molecule has 3 aromatic rings. The monoisotopic (exact) mass is 385 g/mol. The van der Waals surface area contributed by atoms with Gasteiger partial charge in [0, 0.05) is 23.6 Å². The summed E-state index contributed by atoms with van der Waals surface area (Å²) in [7, 11) is -3.59. The average Bonchev–Trinajstić information content (AvgIpc) is 3.05. The summed E-state index contributed by atoms with van der Waals surface area (Å²) in [5.41, 5.74) is 2.26. The number of sulfonamides is 1. The lowest BCUT2D eigenvalue weighted by molar-refractivity contribution is 0.0981. The number of benzene rings is 2. The summed E-state index contributed by atoms with van der Waals surface area (Å²) in [5.74, 6) is 0.828. The Kier molecular flexibility index (Phi) is 5.27. The van der Waals surface area contributed by atoms with Crippen LogP contribution in [0.1, 0.15) is 21.7 Å². The zero-order valence-corrected chi connectivity index (χ0v) is 15.7. The number of nitrogens with zero attached hydrogens (tertiary/aromatic N) is 2. The molecule has 0 atom stereocenters. The van der Waals surface area contributed by atoms with Crippen LogP contribution in [0.2, 0.25) is 0 Å². The first-order valence-electron chi connectivity index (χ1n) is 8.16. The van der Waals surface area contributed by atoms with Gasteiger partial charge < -0.3 is 9.30 Å². The van der Waals surface area contributed by atoms with Gasteiger partial charge in [-0.25, -0.2) is 18.1 Å². The van der Waals surface area contributed by atoms with Crippen molar-refractivity contribution in [3.8, 4) is 11.4 Å². The molecule has 0 aliphatic heterocycles. The van der Waals surface area contributed by atoms with E-state index in [1.807, 2.05) is 46.7 Å². The molecule has 0 fully saturated rings. The summed E-state index contributed by atoms with van der Waals surface area (Å²) in [5, 5.41) is 0. The summed E-state index contributed by atoms with van der Waals surface area (Å²) in [6.07, 6.45) is 4.59. The van der Waals surface area contributed by atoms with E-state index in [0.717, 1.165) is 23.3 Å². The highest BCUT2D eigenvalue weighted by molar-refractivity contribution is 7.89. The number of nitrogens with one attached hydrogen (secondary N) is 1. The Bertz CT molecular complexity index is 1040. The van der Waals surface area contributed by atoms with Crippen LogP contribution in [-0.2, 0) is 16.6 Å². The molecule has 7 nitrogen and oxygen atoms in total. The molecule has 0 aliphatic rings. The van der Waals surface area contributed by atoms with Crippen LogP contribution in [0.5, 0.6) is 5.75 Å². The number of rotatable bonds is 6. The van der Waals surface area contributed by atoms with Crippen molar-refractivity contribution in [2.24, 2.45) is 0 Å². The van der Waals surface area contributed by atoms with Gasteiger partial charge in [0.25, 0.3) is 5.91 Å². The first-order chi connectivity index (χ1) is 12.8. The third kappa shape index (κ3) is 4.95. The number of carbonyl (C=O) groups excluding carboxylic acids is 1. The van der Waals surface area contributed by atoms with E-state index in [0.29, 0.717) is 12.4 Å². The minimum Gasteiger partial charge on any atom is -0.489 e. The number of ether oxygens (including phenoxy) is 1. The molecule has 1 heterocycles. The zero-order chi connectivity index (χ0) is 19.4. The van der Waals surface area contributed by atoms with E-state index in [2.05, 4.69) is 4.98 Å². The molecule has 0 radical (unpaired) electrons. The van der Waals surface area contributed by atoms with Crippen LogP contribution < -0.4 is 9.46 Å². The summed E-state index contributed by atoms with van der Waals surface area (Å²) in [6.45, 7) is 2.31. The van der Waals surface area contributed by atoms with Crippen molar-refractivity contribution in [2.45, 2.75) is 13.5 Å². The molecule has 0 spiro atoms. The molecule has 0 saturated carbocycles. The largest absolute Gasteiger partial charge is 0.489 e. The highest BCUT2D eigenvalue weighted by atomic mass is 32.2. The number of amides is 1. The molecule has 1 amide bonds. The Hall–Kier alpha value is -3.13. The second-order valence-electron chi connectivity index (χ2n) is 6.03. The molecule has 1 N–H and O–H groups in total. The molecule has 2 aromatic carbocycles. The van der Waals surface area contributed by atoms with Crippen LogP contribution in [0.15, 0.2) is 60.9 Å². The van der Waals surface area contributed by atoms with Crippen LogP contribution in [0, 0.1) is 6.92 Å². The fourth-order valence-electron chi connectivity index (χ4n) is 2.50. The molecule has 0 aliphatic carbocycles. The van der Waals surface area contributed by atoms with Gasteiger partial charge in [-0.05, 0) is 48.9 Å². The van der Waals surface area contributed by atoms with Crippen molar-refractivity contribution in [3.05, 3.63) is 77.9 Å². The quantitative estimate of drug-likeness (QED) is 0.704. The van der Waals surface area contributed by atoms with Gasteiger partial charge in [-0.3, -0.25) is 4.79 Å². The topological polar surface area (TPSA) is 90.3 Å². The van der Waals surface area contributed by atoms with Crippen molar-refractivity contribution >= 4 is 15.9 Å². The first kappa shape index (κ1) is 18.7. The van der Waals surface area contributed by atoms with Crippen LogP contribution in [0.4, 0.5) is 0 Å². The Labute approximate surface area is 157 Å². The Balaban J connectivity index is 1.60. The molecule has 1 aromatic heterocycles. The predicted molar refractivity (Wildman–Crippen MR) is 101 cm³/mol. The lowest BCUT2D eigenvalue weighted by Gasteiger charge is -2.09. The average molecular weight is 385 g/mol. The zero-order valence-electron chi connectivity index (χ0n) is 14.9. The Morgan fingerprint density at radius 1 is 1.11 bits per heavy atom. The van der Waals surface area contributed by atoms with E-state index >= 15 is 0 Å². The molecule has 27 heavy (non-hydrogen) atoms. The van der Waals surface area contributed by atoms with Crippen LogP contribution in [0.3, 0.4) is 0 Å². The van der Waals surface area contributed by atoms with Crippen LogP contribution >= 0.6 is 0 Å². The van der Waals surface area contributed by atoms with Gasteiger partial charge >= 0.3 is 0 Å². The summed E-state index contributed by atoms with van der Waals surface area (Å²) in [6, 6.07) is 14.2. The number of hydrogen-bond acceptors (Lipinski definition) is 5. The van der Waals surface area contributed by atoms with E-state index in [1.165, 1.54) is 12.1 Å². The van der Waals surface area contributed by atoms with Crippen molar-refractivity contribution in [1.29, 1.82) is 0 Å². The van der Waals surface area contributed by atoms with Crippen LogP contribution in [-0.4, -0.2) is 30.1 Å².